The van der Waals surface area contributed by atoms with E-state index >= 15 is 0 Å². The van der Waals surface area contributed by atoms with Gasteiger partial charge in [-0.2, -0.15) is 0 Å². The number of carbonyl (C=O) groups is 1. The summed E-state index contributed by atoms with van der Waals surface area (Å²) in [6.45, 7) is 1.68. The predicted octanol–water partition coefficient (Wildman–Crippen LogP) is 1.02. The first kappa shape index (κ1) is 11.8. The Morgan fingerprint density at radius 3 is 2.95 bits per heavy atom. The summed E-state index contributed by atoms with van der Waals surface area (Å²) in [4.78, 5) is 23.9. The molecule has 2 aromatic rings. The van der Waals surface area contributed by atoms with Crippen LogP contribution in [-0.2, 0) is 4.79 Å². The van der Waals surface area contributed by atoms with Gasteiger partial charge in [0, 0.05) is 11.7 Å². The summed E-state index contributed by atoms with van der Waals surface area (Å²) in [5.74, 6) is -0.714. The van der Waals surface area contributed by atoms with Crippen molar-refractivity contribution in [1.29, 1.82) is 0 Å². The van der Waals surface area contributed by atoms with Crippen molar-refractivity contribution in [3.63, 3.8) is 0 Å². The van der Waals surface area contributed by atoms with Crippen molar-refractivity contribution < 1.29 is 9.21 Å². The Balaban J connectivity index is 2.02. The fourth-order valence-corrected chi connectivity index (χ4v) is 2.08. The topological polar surface area (TPSA) is 90.3 Å². The smallest absolute Gasteiger partial charge is 0.408 e. The molecular weight excluding hydrogens is 246 g/mol. The fraction of sp³-hybridized carbons (Fsp3) is 0.385. The second-order valence-electron chi connectivity index (χ2n) is 4.92. The molecule has 1 fully saturated rings. The van der Waals surface area contributed by atoms with Crippen molar-refractivity contribution in [2.75, 3.05) is 5.73 Å². The lowest BCUT2D eigenvalue weighted by Crippen LogP contribution is -2.35. The highest BCUT2D eigenvalue weighted by atomic mass is 16.4. The molecular formula is C13H15N3O3. The number of hydrogen-bond donors (Lipinski definition) is 2. The van der Waals surface area contributed by atoms with Gasteiger partial charge in [0.15, 0.2) is 5.58 Å². The fourth-order valence-electron chi connectivity index (χ4n) is 2.08. The van der Waals surface area contributed by atoms with Gasteiger partial charge in [0.25, 0.3) is 0 Å². The summed E-state index contributed by atoms with van der Waals surface area (Å²) in [6.07, 6.45) is 2.01. The lowest BCUT2D eigenvalue weighted by molar-refractivity contribution is -0.124. The highest BCUT2D eigenvalue weighted by molar-refractivity contribution is 5.84. The van der Waals surface area contributed by atoms with Crippen LogP contribution in [0.5, 0.6) is 0 Å². The lowest BCUT2D eigenvalue weighted by Gasteiger charge is -2.12. The van der Waals surface area contributed by atoms with Crippen molar-refractivity contribution >= 4 is 22.7 Å². The normalized spacial score (nSPS) is 16.5. The number of nitrogen functional groups attached to an aromatic ring is 1. The Bertz CT molecular complexity index is 697. The van der Waals surface area contributed by atoms with Crippen LogP contribution in [0, 0.1) is 0 Å². The highest BCUT2D eigenvalue weighted by Crippen LogP contribution is 2.22. The average Bonchev–Trinajstić information content (AvgIpc) is 3.10. The average molecular weight is 261 g/mol. The van der Waals surface area contributed by atoms with E-state index in [1.165, 1.54) is 4.57 Å². The maximum absolute atomic E-state index is 12.0. The van der Waals surface area contributed by atoms with Crippen LogP contribution in [0.15, 0.2) is 27.4 Å². The van der Waals surface area contributed by atoms with Gasteiger partial charge in [0.1, 0.15) is 6.04 Å². The Labute approximate surface area is 109 Å². The second kappa shape index (κ2) is 4.15. The van der Waals surface area contributed by atoms with Crippen LogP contribution in [0.3, 0.4) is 0 Å². The molecule has 6 heteroatoms. The first-order valence-electron chi connectivity index (χ1n) is 6.27. The van der Waals surface area contributed by atoms with Crippen LogP contribution in [0.2, 0.25) is 0 Å². The molecule has 1 aliphatic carbocycles. The van der Waals surface area contributed by atoms with E-state index < -0.39 is 11.8 Å². The second-order valence-corrected chi connectivity index (χ2v) is 4.92. The van der Waals surface area contributed by atoms with E-state index in [0.717, 1.165) is 12.8 Å². The van der Waals surface area contributed by atoms with E-state index in [1.54, 1.807) is 25.1 Å². The molecule has 100 valence electrons. The number of anilines is 1. The summed E-state index contributed by atoms with van der Waals surface area (Å²) in [5.41, 5.74) is 7.22. The van der Waals surface area contributed by atoms with E-state index in [1.807, 2.05) is 0 Å². The van der Waals surface area contributed by atoms with Gasteiger partial charge in [-0.15, -0.1) is 0 Å². The van der Waals surface area contributed by atoms with Gasteiger partial charge in [0.2, 0.25) is 5.91 Å². The van der Waals surface area contributed by atoms with Gasteiger partial charge in [-0.25, -0.2) is 4.79 Å². The largest absolute Gasteiger partial charge is 0.420 e. The van der Waals surface area contributed by atoms with Crippen LogP contribution in [0.25, 0.3) is 11.1 Å². The summed E-state index contributed by atoms with van der Waals surface area (Å²) in [5, 5.41) is 2.88. The van der Waals surface area contributed by atoms with Crippen LogP contribution in [-0.4, -0.2) is 16.5 Å². The molecule has 19 heavy (non-hydrogen) atoms. The summed E-state index contributed by atoms with van der Waals surface area (Å²) >= 11 is 0. The molecule has 1 heterocycles. The van der Waals surface area contributed by atoms with Crippen molar-refractivity contribution in [2.45, 2.75) is 31.8 Å². The van der Waals surface area contributed by atoms with Gasteiger partial charge in [-0.3, -0.25) is 9.36 Å². The van der Waals surface area contributed by atoms with E-state index in [9.17, 15) is 9.59 Å². The number of benzene rings is 1. The minimum atomic E-state index is -0.615. The third-order valence-corrected chi connectivity index (χ3v) is 3.33. The highest BCUT2D eigenvalue weighted by Gasteiger charge is 2.28. The number of nitrogens with two attached hydrogens (primary N) is 1. The molecule has 1 aliphatic rings. The molecule has 3 rings (SSSR count). The summed E-state index contributed by atoms with van der Waals surface area (Å²) in [6, 6.07) is 4.57. The van der Waals surface area contributed by atoms with Crippen LogP contribution < -0.4 is 16.8 Å². The van der Waals surface area contributed by atoms with Crippen LogP contribution in [0.1, 0.15) is 25.8 Å². The Kier molecular flexibility index (Phi) is 2.58. The number of rotatable bonds is 3. The molecule has 0 saturated heterocycles. The number of carbonyl (C=O) groups excluding carboxylic acids is 1. The number of hydrogen-bond acceptors (Lipinski definition) is 4. The van der Waals surface area contributed by atoms with Gasteiger partial charge in [-0.1, -0.05) is 0 Å². The molecule has 1 aromatic heterocycles. The predicted molar refractivity (Wildman–Crippen MR) is 70.8 cm³/mol. The van der Waals surface area contributed by atoms with Crippen molar-refractivity contribution in [2.24, 2.45) is 0 Å². The molecule has 0 aliphatic heterocycles. The molecule has 1 atom stereocenters. The zero-order chi connectivity index (χ0) is 13.6. The van der Waals surface area contributed by atoms with Crippen LogP contribution in [0.4, 0.5) is 5.69 Å². The first-order chi connectivity index (χ1) is 9.06. The monoisotopic (exact) mass is 261 g/mol. The Morgan fingerprint density at radius 1 is 1.53 bits per heavy atom. The number of aromatic nitrogens is 1. The van der Waals surface area contributed by atoms with Gasteiger partial charge in [-0.05, 0) is 38.0 Å². The minimum absolute atomic E-state index is 0.172. The first-order valence-corrected chi connectivity index (χ1v) is 6.27. The standard InChI is InChI=1S/C13H15N3O3/c1-7(12(17)15-9-3-4-9)16-10-6-8(14)2-5-11(10)19-13(16)18/h2,5-7,9H,3-4,14H2,1H3,(H,15,17). The third kappa shape index (κ3) is 2.09. The summed E-state index contributed by atoms with van der Waals surface area (Å²) in [7, 11) is 0. The van der Waals surface area contributed by atoms with E-state index in [0.29, 0.717) is 16.8 Å². The molecule has 0 bridgehead atoms. The van der Waals surface area contributed by atoms with Gasteiger partial charge in [0.05, 0.1) is 5.52 Å². The van der Waals surface area contributed by atoms with Crippen LogP contribution >= 0.6 is 0 Å². The number of oxazole rings is 1. The molecule has 0 spiro atoms. The Hall–Kier alpha value is -2.24. The molecule has 1 aromatic carbocycles. The zero-order valence-electron chi connectivity index (χ0n) is 10.6. The van der Waals surface area contributed by atoms with Crippen molar-refractivity contribution in [3.05, 3.63) is 28.7 Å². The molecule has 3 N–H and O–H groups in total. The van der Waals surface area contributed by atoms with Gasteiger partial charge < -0.3 is 15.5 Å². The van der Waals surface area contributed by atoms with E-state index in [2.05, 4.69) is 5.32 Å². The number of fused-ring (bicyclic) bond motifs is 1. The number of nitrogens with zero attached hydrogens (tertiary/aromatic N) is 1. The maximum atomic E-state index is 12.0. The maximum Gasteiger partial charge on any atom is 0.420 e. The zero-order valence-corrected chi connectivity index (χ0v) is 10.6. The van der Waals surface area contributed by atoms with Crippen molar-refractivity contribution in [1.82, 2.24) is 9.88 Å². The lowest BCUT2D eigenvalue weighted by atomic mass is 10.2. The number of nitrogens with one attached hydrogen (secondary N) is 1. The quantitative estimate of drug-likeness (QED) is 0.807. The molecule has 1 saturated carbocycles. The molecule has 1 unspecified atom stereocenters. The van der Waals surface area contributed by atoms with Crippen molar-refractivity contribution in [3.8, 4) is 0 Å². The minimum Gasteiger partial charge on any atom is -0.408 e. The molecule has 6 nitrogen and oxygen atoms in total. The molecule has 0 radical (unpaired) electrons. The summed E-state index contributed by atoms with van der Waals surface area (Å²) < 4.78 is 6.45. The molecule has 1 amide bonds. The SMILES string of the molecule is CC(C(=O)NC1CC1)n1c(=O)oc2ccc(N)cc21. The van der Waals surface area contributed by atoms with E-state index in [4.69, 9.17) is 10.2 Å². The van der Waals surface area contributed by atoms with Gasteiger partial charge >= 0.3 is 5.76 Å². The van der Waals surface area contributed by atoms with E-state index in [-0.39, 0.29) is 11.9 Å². The Morgan fingerprint density at radius 2 is 2.26 bits per heavy atom. The number of amides is 1. The third-order valence-electron chi connectivity index (χ3n) is 3.33.